The lowest BCUT2D eigenvalue weighted by Gasteiger charge is -2.33. The van der Waals surface area contributed by atoms with Crippen molar-refractivity contribution in [1.82, 2.24) is 9.80 Å². The molecule has 0 unspecified atom stereocenters. The van der Waals surface area contributed by atoms with Gasteiger partial charge in [-0.2, -0.15) is 0 Å². The Hall–Kier alpha value is -4.31. The highest BCUT2D eigenvalue weighted by molar-refractivity contribution is 5.68. The number of hydrogen-bond acceptors (Lipinski definition) is 3. The predicted octanol–water partition coefficient (Wildman–Crippen LogP) is 7.74. The molecule has 198 valence electrons. The van der Waals surface area contributed by atoms with Crippen LogP contribution in [0.25, 0.3) is 0 Å². The SMILES string of the molecule is CN1C(C=NC(c2ccccc2)(c2ccccc2)c2ccccc2)N(C)[C@H](c2ccccc2)[C@H]1c1ccccc1. The average Bonchev–Trinajstić information content (AvgIpc) is 3.29. The zero-order valence-corrected chi connectivity index (χ0v) is 23.1. The van der Waals surface area contributed by atoms with Gasteiger partial charge in [0.05, 0.1) is 18.2 Å². The first kappa shape index (κ1) is 25.9. The maximum atomic E-state index is 5.60. The maximum absolute atomic E-state index is 5.60. The Balaban J connectivity index is 1.51. The number of hydrogen-bond donors (Lipinski definition) is 0. The van der Waals surface area contributed by atoms with Gasteiger partial charge in [0.25, 0.3) is 0 Å². The Bertz CT molecular complexity index is 1370. The van der Waals surface area contributed by atoms with Crippen molar-refractivity contribution in [3.8, 4) is 0 Å². The molecule has 5 aromatic rings. The van der Waals surface area contributed by atoms with Crippen LogP contribution in [0.1, 0.15) is 39.9 Å². The molecule has 0 aliphatic carbocycles. The molecule has 0 radical (unpaired) electrons. The van der Waals surface area contributed by atoms with Crippen LogP contribution in [0.15, 0.2) is 157 Å². The van der Waals surface area contributed by atoms with E-state index in [2.05, 4.69) is 182 Å². The van der Waals surface area contributed by atoms with E-state index in [9.17, 15) is 0 Å². The molecular formula is C37H35N3. The first-order valence-corrected chi connectivity index (χ1v) is 14.0. The summed E-state index contributed by atoms with van der Waals surface area (Å²) in [6.07, 6.45) is 2.16. The lowest BCUT2D eigenvalue weighted by molar-refractivity contribution is 0.231. The topological polar surface area (TPSA) is 18.8 Å². The first-order valence-electron chi connectivity index (χ1n) is 14.0. The lowest BCUT2D eigenvalue weighted by atomic mass is 9.77. The van der Waals surface area contributed by atoms with E-state index in [4.69, 9.17) is 4.99 Å². The van der Waals surface area contributed by atoms with E-state index in [1.165, 1.54) is 11.1 Å². The summed E-state index contributed by atoms with van der Waals surface area (Å²) in [6, 6.07) is 54.1. The van der Waals surface area contributed by atoms with Crippen LogP contribution < -0.4 is 0 Å². The van der Waals surface area contributed by atoms with Gasteiger partial charge in [-0.1, -0.05) is 152 Å². The van der Waals surface area contributed by atoms with Crippen molar-refractivity contribution in [1.29, 1.82) is 0 Å². The molecule has 1 aliphatic rings. The third-order valence-electron chi connectivity index (χ3n) is 8.27. The van der Waals surface area contributed by atoms with E-state index >= 15 is 0 Å². The van der Waals surface area contributed by atoms with Crippen molar-refractivity contribution in [2.24, 2.45) is 4.99 Å². The fraction of sp³-hybridized carbons (Fsp3) is 0.162. The van der Waals surface area contributed by atoms with Crippen LogP contribution in [-0.2, 0) is 5.54 Å². The normalized spacial score (nSPS) is 18.9. The van der Waals surface area contributed by atoms with E-state index in [0.29, 0.717) is 0 Å². The lowest BCUT2D eigenvalue weighted by Crippen LogP contribution is -2.38. The quantitative estimate of drug-likeness (QED) is 0.161. The van der Waals surface area contributed by atoms with Gasteiger partial charge in [0, 0.05) is 6.21 Å². The number of benzene rings is 5. The zero-order valence-electron chi connectivity index (χ0n) is 23.1. The van der Waals surface area contributed by atoms with Crippen LogP contribution in [0.5, 0.6) is 0 Å². The average molecular weight is 522 g/mol. The van der Waals surface area contributed by atoms with Crippen molar-refractivity contribution in [2.75, 3.05) is 14.1 Å². The Labute approximate surface area is 238 Å². The van der Waals surface area contributed by atoms with Crippen LogP contribution in [0.4, 0.5) is 0 Å². The molecule has 1 aliphatic heterocycles. The van der Waals surface area contributed by atoms with E-state index in [-0.39, 0.29) is 18.2 Å². The van der Waals surface area contributed by atoms with Gasteiger partial charge in [0.1, 0.15) is 5.54 Å². The van der Waals surface area contributed by atoms with E-state index in [0.717, 1.165) is 16.7 Å². The van der Waals surface area contributed by atoms with Crippen LogP contribution in [0.3, 0.4) is 0 Å². The minimum atomic E-state index is -0.682. The number of aliphatic imine (C=N–C) groups is 1. The second-order valence-corrected chi connectivity index (χ2v) is 10.5. The predicted molar refractivity (Wildman–Crippen MR) is 165 cm³/mol. The maximum Gasteiger partial charge on any atom is 0.135 e. The summed E-state index contributed by atoms with van der Waals surface area (Å²) in [5, 5.41) is 0. The highest BCUT2D eigenvalue weighted by Gasteiger charge is 2.45. The number of nitrogens with zero attached hydrogens (tertiary/aromatic N) is 3. The standard InChI is InChI=1S/C37H35N3/c1-39-34(40(2)36(30-20-10-4-11-21-30)35(39)29-18-8-3-9-19-29)28-38-37(31-22-12-5-13-23-31,32-24-14-6-15-25-32)33-26-16-7-17-27-33/h3-28,34-36H,1-2H3/t35-,36-/m1/s1. The molecule has 0 amide bonds. The largest absolute Gasteiger partial charge is 0.277 e. The van der Waals surface area contributed by atoms with Crippen molar-refractivity contribution < 1.29 is 0 Å². The molecule has 40 heavy (non-hydrogen) atoms. The van der Waals surface area contributed by atoms with Gasteiger partial charge in [0.15, 0.2) is 0 Å². The molecule has 1 saturated heterocycles. The van der Waals surface area contributed by atoms with E-state index < -0.39 is 5.54 Å². The summed E-state index contributed by atoms with van der Waals surface area (Å²) in [7, 11) is 4.45. The van der Waals surface area contributed by atoms with E-state index in [1.54, 1.807) is 0 Å². The number of rotatable bonds is 7. The Morgan fingerprint density at radius 3 is 1.10 bits per heavy atom. The molecule has 6 rings (SSSR count). The monoisotopic (exact) mass is 521 g/mol. The first-order chi connectivity index (χ1) is 19.7. The summed E-state index contributed by atoms with van der Waals surface area (Å²) in [5.74, 6) is 0. The van der Waals surface area contributed by atoms with Crippen molar-refractivity contribution in [2.45, 2.75) is 23.8 Å². The third kappa shape index (κ3) is 4.68. The fourth-order valence-electron chi connectivity index (χ4n) is 6.35. The highest BCUT2D eigenvalue weighted by Crippen LogP contribution is 2.46. The van der Waals surface area contributed by atoms with Crippen LogP contribution >= 0.6 is 0 Å². The molecule has 1 fully saturated rings. The minimum Gasteiger partial charge on any atom is -0.277 e. The minimum absolute atomic E-state index is 0.00840. The molecular weight excluding hydrogens is 486 g/mol. The van der Waals surface area contributed by atoms with Crippen LogP contribution in [0, 0.1) is 0 Å². The van der Waals surface area contributed by atoms with Gasteiger partial charge in [-0.05, 0) is 41.9 Å². The van der Waals surface area contributed by atoms with Crippen LogP contribution in [-0.4, -0.2) is 36.3 Å². The summed E-state index contributed by atoms with van der Waals surface area (Å²) >= 11 is 0. The Morgan fingerprint density at radius 2 is 0.775 bits per heavy atom. The van der Waals surface area contributed by atoms with Gasteiger partial charge >= 0.3 is 0 Å². The molecule has 0 saturated carbocycles. The number of likely N-dealkylation sites (N-methyl/N-ethyl adjacent to an activating group) is 2. The molecule has 5 aromatic carbocycles. The fourth-order valence-corrected chi connectivity index (χ4v) is 6.35. The molecule has 1 heterocycles. The zero-order chi connectivity index (χ0) is 27.4. The summed E-state index contributed by atoms with van der Waals surface area (Å²) in [6.45, 7) is 0. The molecule has 2 atom stereocenters. The molecule has 0 bridgehead atoms. The third-order valence-corrected chi connectivity index (χ3v) is 8.27. The molecule has 0 spiro atoms. The molecule has 0 N–H and O–H groups in total. The van der Waals surface area contributed by atoms with Gasteiger partial charge < -0.3 is 0 Å². The van der Waals surface area contributed by atoms with Gasteiger partial charge in [-0.15, -0.1) is 0 Å². The molecule has 0 aromatic heterocycles. The van der Waals surface area contributed by atoms with E-state index in [1.807, 2.05) is 0 Å². The molecule has 3 heteroatoms. The highest BCUT2D eigenvalue weighted by atomic mass is 15.4. The summed E-state index contributed by atoms with van der Waals surface area (Å²) in [4.78, 5) is 10.5. The molecule has 3 nitrogen and oxygen atoms in total. The van der Waals surface area contributed by atoms with Crippen molar-refractivity contribution >= 4 is 6.21 Å². The second kappa shape index (κ2) is 11.4. The second-order valence-electron chi connectivity index (χ2n) is 10.5. The van der Waals surface area contributed by atoms with Gasteiger partial charge in [-0.3, -0.25) is 14.8 Å². The Morgan fingerprint density at radius 1 is 0.475 bits per heavy atom. The van der Waals surface area contributed by atoms with Crippen LogP contribution in [0.2, 0.25) is 0 Å². The van der Waals surface area contributed by atoms with Gasteiger partial charge in [-0.25, -0.2) is 0 Å². The van der Waals surface area contributed by atoms with Crippen molar-refractivity contribution in [3.63, 3.8) is 0 Å². The van der Waals surface area contributed by atoms with Gasteiger partial charge in [0.2, 0.25) is 0 Å². The van der Waals surface area contributed by atoms with Crippen molar-refractivity contribution in [3.05, 3.63) is 179 Å². The Kier molecular flexibility index (Phi) is 7.41. The smallest absolute Gasteiger partial charge is 0.135 e. The summed E-state index contributed by atoms with van der Waals surface area (Å²) < 4.78 is 0. The summed E-state index contributed by atoms with van der Waals surface area (Å²) in [5.41, 5.74) is 5.37.